The van der Waals surface area contributed by atoms with Crippen molar-refractivity contribution in [3.05, 3.63) is 41.2 Å². The predicted molar refractivity (Wildman–Crippen MR) is 131 cm³/mol. The van der Waals surface area contributed by atoms with E-state index in [0.717, 1.165) is 69.4 Å². The molecule has 1 aliphatic heterocycles. The van der Waals surface area contributed by atoms with Gasteiger partial charge in [0.15, 0.2) is 5.78 Å². The maximum atomic E-state index is 12.7. The highest BCUT2D eigenvalue weighted by Crippen LogP contribution is 2.26. The molecule has 1 aliphatic carbocycles. The fourth-order valence-electron chi connectivity index (χ4n) is 4.84. The van der Waals surface area contributed by atoms with Crippen LogP contribution in [-0.2, 0) is 4.79 Å². The third kappa shape index (κ3) is 8.18. The van der Waals surface area contributed by atoms with Crippen LogP contribution in [0.5, 0.6) is 5.75 Å². The molecular formula is C27H40N2O4. The summed E-state index contributed by atoms with van der Waals surface area (Å²) in [6.07, 6.45) is 11.0. The summed E-state index contributed by atoms with van der Waals surface area (Å²) in [6, 6.07) is 6.88. The van der Waals surface area contributed by atoms with Gasteiger partial charge in [0.05, 0.1) is 13.2 Å². The number of Topliss-reactive ketones (excluding diaryl/α,β-unsaturated/α-hetero) is 1. The van der Waals surface area contributed by atoms with Gasteiger partial charge in [-0.05, 0) is 94.3 Å². The molecule has 33 heavy (non-hydrogen) atoms. The molecule has 1 saturated heterocycles. The number of amides is 1. The zero-order valence-electron chi connectivity index (χ0n) is 20.1. The van der Waals surface area contributed by atoms with E-state index in [2.05, 4.69) is 10.2 Å². The summed E-state index contributed by atoms with van der Waals surface area (Å²) in [4.78, 5) is 27.3. The molecule has 0 aromatic heterocycles. The molecule has 3 rings (SSSR count). The molecule has 6 nitrogen and oxygen atoms in total. The molecule has 0 bridgehead atoms. The van der Waals surface area contributed by atoms with Crippen LogP contribution in [-0.4, -0.2) is 54.5 Å². The Morgan fingerprint density at radius 3 is 2.30 bits per heavy atom. The molecule has 2 aliphatic rings. The summed E-state index contributed by atoms with van der Waals surface area (Å²) in [5.74, 6) is 1.26. The number of likely N-dealkylation sites (tertiary alicyclic amines) is 1. The first kappa shape index (κ1) is 25.3. The standard InChI is InChI=1S/C27H40N2O4/c1-33-23-16-14-21(15-17-23)25(30)12-6-3-7-13-26(31)28-24(20-29-18-8-9-19-29)27(32)22-10-4-2-5-11-22/h14-17,24,32H,2-13,18-20H2,1H3,(H,28,31)/t24-/m1/s1. The normalized spacial score (nSPS) is 17.5. The van der Waals surface area contributed by atoms with Crippen LogP contribution in [0.1, 0.15) is 87.4 Å². The molecule has 1 heterocycles. The first-order valence-electron chi connectivity index (χ1n) is 12.7. The lowest BCUT2D eigenvalue weighted by atomic mass is 9.92. The number of carbonyl (C=O) groups is 2. The molecule has 2 fully saturated rings. The average Bonchev–Trinajstić information content (AvgIpc) is 3.36. The van der Waals surface area contributed by atoms with E-state index in [0.29, 0.717) is 30.7 Å². The zero-order chi connectivity index (χ0) is 23.5. The van der Waals surface area contributed by atoms with Gasteiger partial charge in [-0.3, -0.25) is 9.59 Å². The molecule has 6 heteroatoms. The lowest BCUT2D eigenvalue weighted by Gasteiger charge is -2.27. The summed E-state index contributed by atoms with van der Waals surface area (Å²) in [5, 5.41) is 14.1. The van der Waals surface area contributed by atoms with Crippen LogP contribution in [0, 0.1) is 0 Å². The van der Waals surface area contributed by atoms with E-state index in [1.807, 2.05) is 0 Å². The van der Waals surface area contributed by atoms with Crippen molar-refractivity contribution >= 4 is 11.7 Å². The third-order valence-electron chi connectivity index (χ3n) is 6.84. The van der Waals surface area contributed by atoms with Crippen LogP contribution in [0.4, 0.5) is 0 Å². The van der Waals surface area contributed by atoms with E-state index in [-0.39, 0.29) is 17.7 Å². The number of hydrogen-bond donors (Lipinski definition) is 2. The van der Waals surface area contributed by atoms with Crippen LogP contribution in [0.2, 0.25) is 0 Å². The first-order valence-corrected chi connectivity index (χ1v) is 12.7. The van der Waals surface area contributed by atoms with E-state index in [4.69, 9.17) is 4.74 Å². The Kier molecular flexibility index (Phi) is 10.3. The Morgan fingerprint density at radius 2 is 1.64 bits per heavy atom. The van der Waals surface area contributed by atoms with E-state index in [9.17, 15) is 14.7 Å². The minimum absolute atomic E-state index is 0.0105. The van der Waals surface area contributed by atoms with Gasteiger partial charge in [-0.15, -0.1) is 0 Å². The number of nitrogens with one attached hydrogen (secondary N) is 1. The van der Waals surface area contributed by atoms with Gasteiger partial charge >= 0.3 is 0 Å². The topological polar surface area (TPSA) is 78.9 Å². The van der Waals surface area contributed by atoms with Gasteiger partial charge in [-0.1, -0.05) is 12.8 Å². The Morgan fingerprint density at radius 1 is 0.970 bits per heavy atom. The summed E-state index contributed by atoms with van der Waals surface area (Å²) in [5.41, 5.74) is 1.83. The second-order valence-electron chi connectivity index (χ2n) is 9.39. The lowest BCUT2D eigenvalue weighted by Crippen LogP contribution is -2.44. The SMILES string of the molecule is COc1ccc(C(=O)CCCCCC(=O)N[C@H](CN2CCCC2)C(O)=C2CCCCC2)cc1. The molecule has 1 saturated carbocycles. The van der Waals surface area contributed by atoms with Crippen molar-refractivity contribution in [1.82, 2.24) is 10.2 Å². The van der Waals surface area contributed by atoms with Crippen molar-refractivity contribution in [1.29, 1.82) is 0 Å². The van der Waals surface area contributed by atoms with Crippen LogP contribution >= 0.6 is 0 Å². The number of allylic oxidation sites excluding steroid dienone is 1. The maximum Gasteiger partial charge on any atom is 0.220 e. The number of ether oxygens (including phenoxy) is 1. The second kappa shape index (κ2) is 13.4. The highest BCUT2D eigenvalue weighted by molar-refractivity contribution is 5.96. The number of ketones is 1. The molecule has 182 valence electrons. The van der Waals surface area contributed by atoms with Gasteiger partial charge in [0.2, 0.25) is 5.91 Å². The van der Waals surface area contributed by atoms with E-state index in [1.165, 1.54) is 19.3 Å². The molecular weight excluding hydrogens is 416 g/mol. The number of hydrogen-bond acceptors (Lipinski definition) is 5. The molecule has 1 aromatic rings. The Balaban J connectivity index is 1.42. The van der Waals surface area contributed by atoms with Gasteiger partial charge in [-0.25, -0.2) is 0 Å². The van der Waals surface area contributed by atoms with E-state index < -0.39 is 0 Å². The maximum absolute atomic E-state index is 12.7. The molecule has 0 spiro atoms. The van der Waals surface area contributed by atoms with Crippen LogP contribution < -0.4 is 10.1 Å². The van der Waals surface area contributed by atoms with Gasteiger partial charge < -0.3 is 20.1 Å². The highest BCUT2D eigenvalue weighted by Gasteiger charge is 2.25. The van der Waals surface area contributed by atoms with Crippen LogP contribution in [0.25, 0.3) is 0 Å². The molecule has 0 unspecified atom stereocenters. The summed E-state index contributed by atoms with van der Waals surface area (Å²) in [6.45, 7) is 2.77. The number of unbranched alkanes of at least 4 members (excludes halogenated alkanes) is 2. The minimum Gasteiger partial charge on any atom is -0.510 e. The summed E-state index contributed by atoms with van der Waals surface area (Å²) < 4.78 is 5.13. The highest BCUT2D eigenvalue weighted by atomic mass is 16.5. The fourth-order valence-corrected chi connectivity index (χ4v) is 4.84. The number of carbonyl (C=O) groups excluding carboxylic acids is 2. The fraction of sp³-hybridized carbons (Fsp3) is 0.630. The van der Waals surface area contributed by atoms with Crippen LogP contribution in [0.15, 0.2) is 35.6 Å². The number of benzene rings is 1. The number of aliphatic hydroxyl groups excluding tert-OH is 1. The number of rotatable bonds is 12. The van der Waals surface area contributed by atoms with Crippen molar-refractivity contribution in [2.24, 2.45) is 0 Å². The van der Waals surface area contributed by atoms with Gasteiger partial charge in [-0.2, -0.15) is 0 Å². The van der Waals surface area contributed by atoms with Gasteiger partial charge in [0, 0.05) is 24.9 Å². The molecule has 1 aromatic carbocycles. The number of nitrogens with zero attached hydrogens (tertiary/aromatic N) is 1. The van der Waals surface area contributed by atoms with Crippen molar-refractivity contribution in [2.75, 3.05) is 26.7 Å². The van der Waals surface area contributed by atoms with Gasteiger partial charge in [0.25, 0.3) is 0 Å². The predicted octanol–water partition coefficient (Wildman–Crippen LogP) is 5.19. The number of aliphatic hydroxyl groups is 1. The first-order chi connectivity index (χ1) is 16.1. The Bertz CT molecular complexity index is 789. The average molecular weight is 457 g/mol. The van der Waals surface area contributed by atoms with Crippen molar-refractivity contribution in [2.45, 2.75) is 83.1 Å². The van der Waals surface area contributed by atoms with E-state index >= 15 is 0 Å². The van der Waals surface area contributed by atoms with Crippen molar-refractivity contribution in [3.8, 4) is 5.75 Å². The Labute approximate surface area is 198 Å². The third-order valence-corrected chi connectivity index (χ3v) is 6.84. The molecule has 2 N–H and O–H groups in total. The lowest BCUT2D eigenvalue weighted by molar-refractivity contribution is -0.122. The zero-order valence-corrected chi connectivity index (χ0v) is 20.1. The van der Waals surface area contributed by atoms with Crippen LogP contribution in [0.3, 0.4) is 0 Å². The van der Waals surface area contributed by atoms with Gasteiger partial charge in [0.1, 0.15) is 11.5 Å². The minimum atomic E-state index is -0.305. The smallest absolute Gasteiger partial charge is 0.220 e. The molecule has 0 radical (unpaired) electrons. The summed E-state index contributed by atoms with van der Waals surface area (Å²) in [7, 11) is 1.61. The summed E-state index contributed by atoms with van der Waals surface area (Å²) >= 11 is 0. The number of methoxy groups -OCH3 is 1. The molecule has 1 amide bonds. The largest absolute Gasteiger partial charge is 0.510 e. The van der Waals surface area contributed by atoms with E-state index in [1.54, 1.807) is 31.4 Å². The second-order valence-corrected chi connectivity index (χ2v) is 9.39. The van der Waals surface area contributed by atoms with Crippen molar-refractivity contribution < 1.29 is 19.4 Å². The van der Waals surface area contributed by atoms with Crippen molar-refractivity contribution in [3.63, 3.8) is 0 Å². The Hall–Kier alpha value is -2.34. The quantitative estimate of drug-likeness (QED) is 0.257. The monoisotopic (exact) mass is 456 g/mol. The molecule has 1 atom stereocenters.